The van der Waals surface area contributed by atoms with Crippen LogP contribution in [0.5, 0.6) is 0 Å². The topological polar surface area (TPSA) is 113 Å². The molecule has 0 saturated carbocycles. The Morgan fingerprint density at radius 3 is 2.62 bits per heavy atom. The van der Waals surface area contributed by atoms with Gasteiger partial charge in [0.15, 0.2) is 0 Å². The molecule has 0 heterocycles. The molecule has 1 atom stereocenters. The SMILES string of the molecule is COC(=O)CCCS(=O)(=O)NCC(O)CO. The second kappa shape index (κ2) is 7.55. The molecule has 0 aliphatic rings. The highest BCUT2D eigenvalue weighted by atomic mass is 32.2. The molecule has 0 radical (unpaired) electrons. The lowest BCUT2D eigenvalue weighted by atomic mass is 10.3. The molecule has 8 heteroatoms. The first-order chi connectivity index (χ1) is 7.41. The van der Waals surface area contributed by atoms with E-state index in [0.29, 0.717) is 0 Å². The maximum absolute atomic E-state index is 11.3. The first-order valence-corrected chi connectivity index (χ1v) is 6.39. The Hall–Kier alpha value is -0.700. The van der Waals surface area contributed by atoms with Gasteiger partial charge in [-0.15, -0.1) is 0 Å². The number of carbonyl (C=O) groups excluding carboxylic acids is 1. The molecule has 96 valence electrons. The van der Waals surface area contributed by atoms with Gasteiger partial charge in [0, 0.05) is 13.0 Å². The molecule has 0 aromatic rings. The van der Waals surface area contributed by atoms with E-state index in [0.717, 1.165) is 0 Å². The van der Waals surface area contributed by atoms with Gasteiger partial charge in [-0.25, -0.2) is 13.1 Å². The minimum atomic E-state index is -3.52. The number of esters is 1. The third-order valence-corrected chi connectivity index (χ3v) is 3.20. The predicted molar refractivity (Wildman–Crippen MR) is 56.1 cm³/mol. The van der Waals surface area contributed by atoms with Gasteiger partial charge in [0.1, 0.15) is 0 Å². The van der Waals surface area contributed by atoms with E-state index in [-0.39, 0.29) is 25.1 Å². The van der Waals surface area contributed by atoms with Crippen molar-refractivity contribution in [3.8, 4) is 0 Å². The van der Waals surface area contributed by atoms with Crippen molar-refractivity contribution in [2.75, 3.05) is 26.0 Å². The Balaban J connectivity index is 3.83. The summed E-state index contributed by atoms with van der Waals surface area (Å²) in [5, 5.41) is 17.4. The van der Waals surface area contributed by atoms with E-state index in [1.54, 1.807) is 0 Å². The molecule has 0 bridgehead atoms. The molecule has 0 fully saturated rings. The molecule has 0 saturated heterocycles. The van der Waals surface area contributed by atoms with E-state index in [1.807, 2.05) is 0 Å². The number of nitrogens with one attached hydrogen (secondary N) is 1. The molecular formula is C8H17NO6S. The van der Waals surface area contributed by atoms with E-state index in [1.165, 1.54) is 7.11 Å². The lowest BCUT2D eigenvalue weighted by Crippen LogP contribution is -2.35. The van der Waals surface area contributed by atoms with Crippen molar-refractivity contribution < 1.29 is 28.2 Å². The molecule has 1 unspecified atom stereocenters. The summed E-state index contributed by atoms with van der Waals surface area (Å²) in [6, 6.07) is 0. The second-order valence-electron chi connectivity index (χ2n) is 3.18. The summed E-state index contributed by atoms with van der Waals surface area (Å²) >= 11 is 0. The molecule has 0 aliphatic carbocycles. The number of aliphatic hydroxyl groups is 2. The number of carbonyl (C=O) groups is 1. The first-order valence-electron chi connectivity index (χ1n) is 4.74. The third-order valence-electron chi connectivity index (χ3n) is 1.77. The van der Waals surface area contributed by atoms with Crippen LogP contribution in [0, 0.1) is 0 Å². The summed E-state index contributed by atoms with van der Waals surface area (Å²) in [7, 11) is -2.29. The zero-order valence-corrected chi connectivity index (χ0v) is 9.87. The maximum Gasteiger partial charge on any atom is 0.305 e. The molecule has 0 rings (SSSR count). The number of rotatable bonds is 8. The van der Waals surface area contributed by atoms with Gasteiger partial charge < -0.3 is 14.9 Å². The molecule has 0 aromatic carbocycles. The van der Waals surface area contributed by atoms with E-state index >= 15 is 0 Å². The summed E-state index contributed by atoms with van der Waals surface area (Å²) < 4.78 is 29.0. The minimum Gasteiger partial charge on any atom is -0.469 e. The van der Waals surface area contributed by atoms with Crippen LogP contribution in [0.3, 0.4) is 0 Å². The monoisotopic (exact) mass is 255 g/mol. The average molecular weight is 255 g/mol. The summed E-state index contributed by atoms with van der Waals surface area (Å²) in [5.41, 5.74) is 0. The van der Waals surface area contributed by atoms with Crippen molar-refractivity contribution in [1.82, 2.24) is 4.72 Å². The van der Waals surface area contributed by atoms with Crippen molar-refractivity contribution in [1.29, 1.82) is 0 Å². The van der Waals surface area contributed by atoms with Gasteiger partial charge in [-0.1, -0.05) is 0 Å². The molecular weight excluding hydrogens is 238 g/mol. The largest absolute Gasteiger partial charge is 0.469 e. The van der Waals surface area contributed by atoms with E-state index < -0.39 is 28.7 Å². The number of aliphatic hydroxyl groups excluding tert-OH is 2. The fourth-order valence-corrected chi connectivity index (χ4v) is 1.98. The number of ether oxygens (including phenoxy) is 1. The van der Waals surface area contributed by atoms with Crippen molar-refractivity contribution in [2.45, 2.75) is 18.9 Å². The summed E-state index contributed by atoms with van der Waals surface area (Å²) in [4.78, 5) is 10.7. The zero-order valence-electron chi connectivity index (χ0n) is 9.05. The summed E-state index contributed by atoms with van der Waals surface area (Å²) in [5.74, 6) is -0.689. The van der Waals surface area contributed by atoms with Crippen LogP contribution < -0.4 is 4.72 Å². The van der Waals surface area contributed by atoms with E-state index in [2.05, 4.69) is 9.46 Å². The van der Waals surface area contributed by atoms with Crippen molar-refractivity contribution in [3.63, 3.8) is 0 Å². The van der Waals surface area contributed by atoms with E-state index in [4.69, 9.17) is 10.2 Å². The van der Waals surface area contributed by atoms with Crippen molar-refractivity contribution in [3.05, 3.63) is 0 Å². The number of hydrogen-bond acceptors (Lipinski definition) is 6. The fourth-order valence-electron chi connectivity index (χ4n) is 0.868. The van der Waals surface area contributed by atoms with Crippen LogP contribution in [0.4, 0.5) is 0 Å². The fraction of sp³-hybridized carbons (Fsp3) is 0.875. The Morgan fingerprint density at radius 2 is 2.12 bits per heavy atom. The summed E-state index contributed by atoms with van der Waals surface area (Å²) in [6.45, 7) is -0.748. The van der Waals surface area contributed by atoms with Crippen LogP contribution in [-0.4, -0.2) is 56.7 Å². The van der Waals surface area contributed by atoms with Crippen LogP contribution in [0.15, 0.2) is 0 Å². The lowest BCUT2D eigenvalue weighted by molar-refractivity contribution is -0.140. The molecule has 0 amide bonds. The highest BCUT2D eigenvalue weighted by Crippen LogP contribution is 1.96. The maximum atomic E-state index is 11.3. The molecule has 0 spiro atoms. The number of methoxy groups -OCH3 is 1. The highest BCUT2D eigenvalue weighted by Gasteiger charge is 2.13. The Labute approximate surface area is 94.5 Å². The highest BCUT2D eigenvalue weighted by molar-refractivity contribution is 7.89. The summed E-state index contributed by atoms with van der Waals surface area (Å²) in [6.07, 6.45) is -0.938. The Bertz CT molecular complexity index is 302. The molecule has 7 nitrogen and oxygen atoms in total. The molecule has 16 heavy (non-hydrogen) atoms. The molecule has 3 N–H and O–H groups in total. The van der Waals surface area contributed by atoms with Crippen molar-refractivity contribution >= 4 is 16.0 Å². The standard InChI is InChI=1S/C8H17NO6S/c1-15-8(12)3-2-4-16(13,14)9-5-7(11)6-10/h7,9-11H,2-6H2,1H3. The van der Waals surface area contributed by atoms with Gasteiger partial charge in [-0.2, -0.15) is 0 Å². The van der Waals surface area contributed by atoms with Crippen molar-refractivity contribution in [2.24, 2.45) is 0 Å². The normalized spacial score (nSPS) is 13.4. The molecule has 0 aromatic heterocycles. The van der Waals surface area contributed by atoms with Crippen LogP contribution in [0.1, 0.15) is 12.8 Å². The van der Waals surface area contributed by atoms with Gasteiger partial charge in [0.05, 0.1) is 25.6 Å². The first kappa shape index (κ1) is 15.3. The van der Waals surface area contributed by atoms with Gasteiger partial charge in [-0.3, -0.25) is 4.79 Å². The number of hydrogen-bond donors (Lipinski definition) is 3. The van der Waals surface area contributed by atoms with Crippen LogP contribution in [-0.2, 0) is 19.6 Å². The van der Waals surface area contributed by atoms with Crippen LogP contribution >= 0.6 is 0 Å². The average Bonchev–Trinajstić information content (AvgIpc) is 2.25. The number of sulfonamides is 1. The predicted octanol–water partition coefficient (Wildman–Crippen LogP) is -1.79. The Morgan fingerprint density at radius 1 is 1.50 bits per heavy atom. The lowest BCUT2D eigenvalue weighted by Gasteiger charge is -2.09. The third kappa shape index (κ3) is 7.57. The van der Waals surface area contributed by atoms with Gasteiger partial charge in [0.25, 0.3) is 0 Å². The second-order valence-corrected chi connectivity index (χ2v) is 5.11. The van der Waals surface area contributed by atoms with Gasteiger partial charge in [-0.05, 0) is 6.42 Å². The van der Waals surface area contributed by atoms with Crippen LogP contribution in [0.25, 0.3) is 0 Å². The Kier molecular flexibility index (Phi) is 7.22. The zero-order chi connectivity index (χ0) is 12.6. The van der Waals surface area contributed by atoms with E-state index in [9.17, 15) is 13.2 Å². The minimum absolute atomic E-state index is 0.0277. The smallest absolute Gasteiger partial charge is 0.305 e. The quantitative estimate of drug-likeness (QED) is 0.442. The van der Waals surface area contributed by atoms with Gasteiger partial charge in [0.2, 0.25) is 10.0 Å². The van der Waals surface area contributed by atoms with Crippen LogP contribution in [0.2, 0.25) is 0 Å². The van der Waals surface area contributed by atoms with Gasteiger partial charge >= 0.3 is 5.97 Å². The molecule has 0 aliphatic heterocycles.